The topological polar surface area (TPSA) is 101 Å². The molecule has 0 bridgehead atoms. The van der Waals surface area contributed by atoms with Crippen LogP contribution in [-0.2, 0) is 0 Å². The third-order valence-corrected chi connectivity index (χ3v) is 2.35. The first-order valence-electron chi connectivity index (χ1n) is 3.60. The van der Waals surface area contributed by atoms with Crippen molar-refractivity contribution < 1.29 is 19.8 Å². The van der Waals surface area contributed by atoms with Gasteiger partial charge in [0.2, 0.25) is 0 Å². The Morgan fingerprint density at radius 1 is 1.33 bits per heavy atom. The molecule has 0 unspecified atom stereocenters. The quantitative estimate of drug-likeness (QED) is 0.740. The van der Waals surface area contributed by atoms with Crippen molar-refractivity contribution in [2.45, 2.75) is 0 Å². The number of aromatic hydroxyl groups is 1. The Morgan fingerprint density at radius 3 is 2.27 bits per heavy atom. The second kappa shape index (κ2) is 3.96. The zero-order valence-electron chi connectivity index (χ0n) is 7.12. The van der Waals surface area contributed by atoms with Gasteiger partial charge >= 0.3 is 5.97 Å². The Morgan fingerprint density at radius 2 is 1.87 bits per heavy atom. The predicted molar refractivity (Wildman–Crippen MR) is 53.6 cm³/mol. The largest absolute Gasteiger partial charge is 0.505 e. The summed E-state index contributed by atoms with van der Waals surface area (Å²) >= 11 is 11.1. The van der Waals surface area contributed by atoms with E-state index in [1.807, 2.05) is 0 Å². The molecule has 0 aromatic heterocycles. The van der Waals surface area contributed by atoms with Crippen LogP contribution in [0.15, 0.2) is 6.07 Å². The van der Waals surface area contributed by atoms with Crippen molar-refractivity contribution in [2.24, 2.45) is 5.73 Å². The molecule has 1 rings (SSSR count). The van der Waals surface area contributed by atoms with E-state index in [0.717, 1.165) is 6.07 Å². The second-order valence-electron chi connectivity index (χ2n) is 2.61. The summed E-state index contributed by atoms with van der Waals surface area (Å²) in [5, 5.41) is 17.3. The average molecular weight is 250 g/mol. The highest BCUT2D eigenvalue weighted by atomic mass is 35.5. The van der Waals surface area contributed by atoms with Crippen molar-refractivity contribution in [3.05, 3.63) is 27.2 Å². The van der Waals surface area contributed by atoms with Crippen molar-refractivity contribution >= 4 is 35.1 Å². The molecule has 15 heavy (non-hydrogen) atoms. The summed E-state index contributed by atoms with van der Waals surface area (Å²) in [4.78, 5) is 21.6. The van der Waals surface area contributed by atoms with E-state index in [9.17, 15) is 14.7 Å². The normalized spacial score (nSPS) is 10.0. The van der Waals surface area contributed by atoms with Crippen LogP contribution in [0.5, 0.6) is 5.75 Å². The van der Waals surface area contributed by atoms with Crippen molar-refractivity contribution in [1.29, 1.82) is 0 Å². The second-order valence-corrected chi connectivity index (χ2v) is 3.40. The number of carbonyl (C=O) groups is 2. The maximum Gasteiger partial charge on any atom is 0.337 e. The Labute approximate surface area is 94.0 Å². The Kier molecular flexibility index (Phi) is 3.06. The highest BCUT2D eigenvalue weighted by Gasteiger charge is 2.22. The van der Waals surface area contributed by atoms with Crippen LogP contribution in [0.3, 0.4) is 0 Å². The van der Waals surface area contributed by atoms with E-state index in [-0.39, 0.29) is 5.02 Å². The maximum absolute atomic E-state index is 10.9. The van der Waals surface area contributed by atoms with Gasteiger partial charge < -0.3 is 15.9 Å². The van der Waals surface area contributed by atoms with Crippen LogP contribution in [0, 0.1) is 0 Å². The summed E-state index contributed by atoms with van der Waals surface area (Å²) in [6.45, 7) is 0. The van der Waals surface area contributed by atoms with Crippen molar-refractivity contribution in [3.63, 3.8) is 0 Å². The third kappa shape index (κ3) is 1.98. The van der Waals surface area contributed by atoms with E-state index < -0.39 is 33.8 Å². The van der Waals surface area contributed by atoms with Gasteiger partial charge in [0.1, 0.15) is 11.3 Å². The van der Waals surface area contributed by atoms with Crippen LogP contribution in [0.2, 0.25) is 10.0 Å². The van der Waals surface area contributed by atoms with Crippen molar-refractivity contribution in [1.82, 2.24) is 0 Å². The lowest BCUT2D eigenvalue weighted by Crippen LogP contribution is -2.14. The molecule has 0 atom stereocenters. The molecule has 0 spiro atoms. The van der Waals surface area contributed by atoms with Gasteiger partial charge in [-0.25, -0.2) is 4.79 Å². The number of hydrogen-bond acceptors (Lipinski definition) is 3. The van der Waals surface area contributed by atoms with Gasteiger partial charge in [0.15, 0.2) is 0 Å². The van der Waals surface area contributed by atoms with Crippen LogP contribution in [0.1, 0.15) is 20.7 Å². The first-order valence-corrected chi connectivity index (χ1v) is 4.36. The molecule has 1 aromatic carbocycles. The van der Waals surface area contributed by atoms with Crippen LogP contribution in [0.25, 0.3) is 0 Å². The third-order valence-electron chi connectivity index (χ3n) is 1.67. The lowest BCUT2D eigenvalue weighted by Gasteiger charge is -2.07. The minimum atomic E-state index is -1.37. The molecule has 0 aliphatic heterocycles. The molecule has 5 nitrogen and oxygen atoms in total. The zero-order valence-corrected chi connectivity index (χ0v) is 8.63. The summed E-state index contributed by atoms with van der Waals surface area (Å²) in [7, 11) is 0. The molecule has 7 heteroatoms. The van der Waals surface area contributed by atoms with Crippen LogP contribution in [0.4, 0.5) is 0 Å². The number of primary amides is 1. The summed E-state index contributed by atoms with van der Waals surface area (Å²) in [6, 6.07) is 0.938. The number of phenols is 1. The lowest BCUT2D eigenvalue weighted by atomic mass is 10.1. The SMILES string of the molecule is NC(=O)c1c(O)c(Cl)cc(C(=O)O)c1Cl. The van der Waals surface area contributed by atoms with Crippen LogP contribution < -0.4 is 5.73 Å². The van der Waals surface area contributed by atoms with E-state index in [4.69, 9.17) is 34.0 Å². The minimum Gasteiger partial charge on any atom is -0.505 e. The van der Waals surface area contributed by atoms with Gasteiger partial charge in [0.05, 0.1) is 15.6 Å². The highest BCUT2D eigenvalue weighted by Crippen LogP contribution is 2.35. The molecule has 0 saturated heterocycles. The summed E-state index contributed by atoms with van der Waals surface area (Å²) in [6.07, 6.45) is 0. The fourth-order valence-electron chi connectivity index (χ4n) is 0.997. The summed E-state index contributed by atoms with van der Waals surface area (Å²) in [5.41, 5.74) is 4.02. The van der Waals surface area contributed by atoms with Crippen LogP contribution >= 0.6 is 23.2 Å². The number of carboxylic acid groups (broad SMARTS) is 1. The smallest absolute Gasteiger partial charge is 0.337 e. The van der Waals surface area contributed by atoms with Gasteiger partial charge in [-0.1, -0.05) is 23.2 Å². The summed E-state index contributed by atoms with van der Waals surface area (Å²) < 4.78 is 0. The number of hydrogen-bond donors (Lipinski definition) is 3. The number of aromatic carboxylic acids is 1. The van der Waals surface area contributed by atoms with Crippen LogP contribution in [-0.4, -0.2) is 22.1 Å². The standard InChI is InChI=1S/C8H5Cl2NO4/c9-3-1-2(8(14)15)5(10)4(6(3)12)7(11)13/h1,12H,(H2,11,13)(H,14,15). The number of carbonyl (C=O) groups excluding carboxylic acids is 1. The van der Waals surface area contributed by atoms with E-state index in [0.29, 0.717) is 0 Å². The highest BCUT2D eigenvalue weighted by molar-refractivity contribution is 6.39. The number of nitrogens with two attached hydrogens (primary N) is 1. The number of carboxylic acids is 1. The predicted octanol–water partition coefficient (Wildman–Crippen LogP) is 1.50. The molecular weight excluding hydrogens is 245 g/mol. The average Bonchev–Trinajstić information content (AvgIpc) is 2.10. The number of benzene rings is 1. The molecule has 80 valence electrons. The maximum atomic E-state index is 10.9. The molecule has 0 aliphatic rings. The van der Waals surface area contributed by atoms with E-state index in [1.54, 1.807) is 0 Å². The molecule has 1 aromatic rings. The molecule has 0 fully saturated rings. The molecule has 1 amide bonds. The lowest BCUT2D eigenvalue weighted by molar-refractivity contribution is 0.0697. The number of rotatable bonds is 2. The fourth-order valence-corrected chi connectivity index (χ4v) is 1.52. The molecular formula is C8H5Cl2NO4. The monoisotopic (exact) mass is 249 g/mol. The van der Waals surface area contributed by atoms with Gasteiger partial charge in [0.25, 0.3) is 5.91 Å². The molecule has 0 heterocycles. The Balaban J connectivity index is 3.63. The minimum absolute atomic E-state index is 0.300. The molecule has 0 saturated carbocycles. The fraction of sp³-hybridized carbons (Fsp3) is 0. The van der Waals surface area contributed by atoms with Gasteiger partial charge in [0, 0.05) is 0 Å². The Hall–Kier alpha value is -1.46. The van der Waals surface area contributed by atoms with E-state index in [1.165, 1.54) is 0 Å². The van der Waals surface area contributed by atoms with Gasteiger partial charge in [-0.2, -0.15) is 0 Å². The zero-order chi connectivity index (χ0) is 11.7. The number of amides is 1. The van der Waals surface area contributed by atoms with Gasteiger partial charge in [-0.3, -0.25) is 4.79 Å². The first-order chi connectivity index (χ1) is 6.86. The first kappa shape index (κ1) is 11.6. The van der Waals surface area contributed by atoms with Crippen molar-refractivity contribution in [3.8, 4) is 5.75 Å². The molecule has 0 radical (unpaired) electrons. The molecule has 4 N–H and O–H groups in total. The van der Waals surface area contributed by atoms with Gasteiger partial charge in [-0.05, 0) is 6.07 Å². The Bertz CT molecular complexity index is 458. The van der Waals surface area contributed by atoms with E-state index >= 15 is 0 Å². The van der Waals surface area contributed by atoms with Gasteiger partial charge in [-0.15, -0.1) is 0 Å². The van der Waals surface area contributed by atoms with E-state index in [2.05, 4.69) is 0 Å². The molecule has 0 aliphatic carbocycles. The number of halogens is 2. The van der Waals surface area contributed by atoms with Crippen molar-refractivity contribution in [2.75, 3.05) is 0 Å². The summed E-state index contributed by atoms with van der Waals surface area (Å²) in [5.74, 6) is -3.05.